The molecule has 0 saturated carbocycles. The number of rotatable bonds is 5. The van der Waals surface area contributed by atoms with E-state index < -0.39 is 5.41 Å². The standard InChI is InChI=1S/C20H21NO3/c1-20(16-6-4-5-7-17(16)21(2)19(20)23)13-12-18(22)14-8-10-15(24-3)11-9-14/h4-11H,12-13H2,1-3H3. The van der Waals surface area contributed by atoms with Crippen LogP contribution in [0.4, 0.5) is 5.69 Å². The van der Waals surface area contributed by atoms with Gasteiger partial charge in [-0.3, -0.25) is 9.59 Å². The second-order valence-electron chi connectivity index (χ2n) is 6.37. The van der Waals surface area contributed by atoms with Gasteiger partial charge in [0.25, 0.3) is 0 Å². The van der Waals surface area contributed by atoms with Crippen LogP contribution in [0, 0.1) is 0 Å². The van der Waals surface area contributed by atoms with Gasteiger partial charge in [0.1, 0.15) is 5.75 Å². The Morgan fingerprint density at radius 3 is 2.46 bits per heavy atom. The SMILES string of the molecule is COc1ccc(C(=O)CCC2(C)C(=O)N(C)c3ccccc32)cc1. The number of para-hydroxylation sites is 1. The lowest BCUT2D eigenvalue weighted by Crippen LogP contribution is -2.36. The molecule has 124 valence electrons. The van der Waals surface area contributed by atoms with Crippen molar-refractivity contribution in [1.29, 1.82) is 0 Å². The molecule has 1 atom stereocenters. The highest BCUT2D eigenvalue weighted by molar-refractivity contribution is 6.08. The highest BCUT2D eigenvalue weighted by atomic mass is 16.5. The first-order chi connectivity index (χ1) is 11.5. The lowest BCUT2D eigenvalue weighted by atomic mass is 9.79. The monoisotopic (exact) mass is 323 g/mol. The lowest BCUT2D eigenvalue weighted by Gasteiger charge is -2.22. The first-order valence-electron chi connectivity index (χ1n) is 8.02. The summed E-state index contributed by atoms with van der Waals surface area (Å²) in [5.41, 5.74) is 1.93. The number of amides is 1. The molecule has 0 N–H and O–H groups in total. The Labute approximate surface area is 142 Å². The molecule has 1 aliphatic rings. The smallest absolute Gasteiger partial charge is 0.237 e. The zero-order chi connectivity index (χ0) is 17.3. The topological polar surface area (TPSA) is 46.6 Å². The Morgan fingerprint density at radius 2 is 1.79 bits per heavy atom. The van der Waals surface area contributed by atoms with E-state index in [-0.39, 0.29) is 11.7 Å². The minimum atomic E-state index is -0.645. The normalized spacial score (nSPS) is 19.3. The molecule has 2 aromatic rings. The Balaban J connectivity index is 1.78. The first kappa shape index (κ1) is 16.2. The molecule has 0 radical (unpaired) electrons. The number of ketones is 1. The predicted molar refractivity (Wildman–Crippen MR) is 93.8 cm³/mol. The molecule has 1 aliphatic heterocycles. The summed E-state index contributed by atoms with van der Waals surface area (Å²) in [5, 5.41) is 0. The van der Waals surface area contributed by atoms with Gasteiger partial charge in [0.05, 0.1) is 12.5 Å². The van der Waals surface area contributed by atoms with E-state index in [4.69, 9.17) is 4.74 Å². The van der Waals surface area contributed by atoms with Gasteiger partial charge in [0.15, 0.2) is 5.78 Å². The molecule has 0 saturated heterocycles. The van der Waals surface area contributed by atoms with Crippen molar-refractivity contribution >= 4 is 17.4 Å². The summed E-state index contributed by atoms with van der Waals surface area (Å²) in [7, 11) is 3.38. The van der Waals surface area contributed by atoms with Crippen LogP contribution in [0.5, 0.6) is 5.75 Å². The van der Waals surface area contributed by atoms with Crippen molar-refractivity contribution in [3.63, 3.8) is 0 Å². The third-order valence-electron chi connectivity index (χ3n) is 4.90. The predicted octanol–water partition coefficient (Wildman–Crippen LogP) is 3.59. The van der Waals surface area contributed by atoms with E-state index in [1.54, 1.807) is 43.3 Å². The highest BCUT2D eigenvalue weighted by Gasteiger charge is 2.45. The molecular weight excluding hydrogens is 302 g/mol. The van der Waals surface area contributed by atoms with E-state index in [1.807, 2.05) is 31.2 Å². The van der Waals surface area contributed by atoms with Crippen molar-refractivity contribution in [1.82, 2.24) is 0 Å². The fourth-order valence-corrected chi connectivity index (χ4v) is 3.35. The number of Topliss-reactive ketones (excluding diaryl/α,β-unsaturated/α-hetero) is 1. The maximum atomic E-state index is 12.7. The molecule has 1 amide bonds. The van der Waals surface area contributed by atoms with E-state index in [9.17, 15) is 9.59 Å². The first-order valence-corrected chi connectivity index (χ1v) is 8.02. The number of likely N-dealkylation sites (N-methyl/N-ethyl adjacent to an activating group) is 1. The highest BCUT2D eigenvalue weighted by Crippen LogP contribution is 2.43. The van der Waals surface area contributed by atoms with E-state index in [0.717, 1.165) is 17.0 Å². The maximum Gasteiger partial charge on any atom is 0.237 e. The Kier molecular flexibility index (Phi) is 4.14. The van der Waals surface area contributed by atoms with E-state index >= 15 is 0 Å². The third-order valence-corrected chi connectivity index (χ3v) is 4.90. The average molecular weight is 323 g/mol. The molecule has 1 heterocycles. The van der Waals surface area contributed by atoms with Gasteiger partial charge >= 0.3 is 0 Å². The number of hydrogen-bond acceptors (Lipinski definition) is 3. The maximum absolute atomic E-state index is 12.7. The molecule has 0 aromatic heterocycles. The number of anilines is 1. The summed E-state index contributed by atoms with van der Waals surface area (Å²) in [5.74, 6) is 0.810. The quantitative estimate of drug-likeness (QED) is 0.790. The molecule has 0 bridgehead atoms. The number of fused-ring (bicyclic) bond motifs is 1. The van der Waals surface area contributed by atoms with Crippen LogP contribution in [0.2, 0.25) is 0 Å². The van der Waals surface area contributed by atoms with Crippen molar-refractivity contribution in [2.75, 3.05) is 19.1 Å². The van der Waals surface area contributed by atoms with Gasteiger partial charge in [-0.15, -0.1) is 0 Å². The number of methoxy groups -OCH3 is 1. The molecule has 0 aliphatic carbocycles. The summed E-state index contributed by atoms with van der Waals surface area (Å²) in [4.78, 5) is 26.9. The molecular formula is C20H21NO3. The van der Waals surface area contributed by atoms with E-state index in [0.29, 0.717) is 18.4 Å². The lowest BCUT2D eigenvalue weighted by molar-refractivity contribution is -0.122. The second kappa shape index (κ2) is 6.11. The van der Waals surface area contributed by atoms with Crippen molar-refractivity contribution in [2.24, 2.45) is 0 Å². The molecule has 0 fully saturated rings. The average Bonchev–Trinajstić information content (AvgIpc) is 2.82. The van der Waals surface area contributed by atoms with Crippen LogP contribution in [0.25, 0.3) is 0 Å². The van der Waals surface area contributed by atoms with Crippen LogP contribution in [0.15, 0.2) is 48.5 Å². The van der Waals surface area contributed by atoms with Crippen LogP contribution in [0.1, 0.15) is 35.7 Å². The minimum absolute atomic E-state index is 0.0405. The molecule has 24 heavy (non-hydrogen) atoms. The van der Waals surface area contributed by atoms with E-state index in [1.165, 1.54) is 0 Å². The Bertz CT molecular complexity index is 782. The number of nitrogens with zero attached hydrogens (tertiary/aromatic N) is 1. The van der Waals surface area contributed by atoms with Gasteiger partial charge in [0, 0.05) is 24.7 Å². The Hall–Kier alpha value is -2.62. The van der Waals surface area contributed by atoms with Crippen molar-refractivity contribution in [3.8, 4) is 5.75 Å². The van der Waals surface area contributed by atoms with Gasteiger partial charge in [-0.1, -0.05) is 18.2 Å². The van der Waals surface area contributed by atoms with Crippen molar-refractivity contribution in [2.45, 2.75) is 25.2 Å². The number of ether oxygens (including phenoxy) is 1. The molecule has 0 spiro atoms. The number of carbonyl (C=O) groups is 2. The van der Waals surface area contributed by atoms with Crippen LogP contribution in [0.3, 0.4) is 0 Å². The Morgan fingerprint density at radius 1 is 1.12 bits per heavy atom. The zero-order valence-corrected chi connectivity index (χ0v) is 14.2. The second-order valence-corrected chi connectivity index (χ2v) is 6.37. The summed E-state index contributed by atoms with van der Waals surface area (Å²) in [6.07, 6.45) is 0.828. The summed E-state index contributed by atoms with van der Waals surface area (Å²) in [6.45, 7) is 1.93. The molecule has 1 unspecified atom stereocenters. The van der Waals surface area contributed by atoms with Gasteiger partial charge in [-0.2, -0.15) is 0 Å². The number of hydrogen-bond donors (Lipinski definition) is 0. The zero-order valence-electron chi connectivity index (χ0n) is 14.2. The molecule has 4 heteroatoms. The van der Waals surface area contributed by atoms with Crippen LogP contribution >= 0.6 is 0 Å². The fraction of sp³-hybridized carbons (Fsp3) is 0.300. The van der Waals surface area contributed by atoms with Crippen molar-refractivity contribution < 1.29 is 14.3 Å². The minimum Gasteiger partial charge on any atom is -0.497 e. The van der Waals surface area contributed by atoms with Gasteiger partial charge in [-0.25, -0.2) is 0 Å². The van der Waals surface area contributed by atoms with Gasteiger partial charge in [0.2, 0.25) is 5.91 Å². The van der Waals surface area contributed by atoms with Crippen molar-refractivity contribution in [3.05, 3.63) is 59.7 Å². The van der Waals surface area contributed by atoms with Gasteiger partial charge < -0.3 is 9.64 Å². The van der Waals surface area contributed by atoms with Crippen LogP contribution in [-0.2, 0) is 10.2 Å². The molecule has 2 aromatic carbocycles. The molecule has 3 rings (SSSR count). The van der Waals surface area contributed by atoms with Gasteiger partial charge in [-0.05, 0) is 49.2 Å². The summed E-state index contributed by atoms with van der Waals surface area (Å²) >= 11 is 0. The van der Waals surface area contributed by atoms with Crippen LogP contribution in [-0.4, -0.2) is 25.8 Å². The third kappa shape index (κ3) is 2.58. The van der Waals surface area contributed by atoms with Crippen LogP contribution < -0.4 is 9.64 Å². The van der Waals surface area contributed by atoms with E-state index in [2.05, 4.69) is 0 Å². The molecule has 4 nitrogen and oxygen atoms in total. The largest absolute Gasteiger partial charge is 0.497 e. The summed E-state index contributed by atoms with van der Waals surface area (Å²) < 4.78 is 5.11. The number of benzene rings is 2. The number of carbonyl (C=O) groups excluding carboxylic acids is 2. The summed E-state index contributed by atoms with van der Waals surface area (Å²) in [6, 6.07) is 14.9. The fourth-order valence-electron chi connectivity index (χ4n) is 3.35.